The Kier molecular flexibility index (Phi) is 4.45. The van der Waals surface area contributed by atoms with Crippen molar-refractivity contribution >= 4 is 21.9 Å². The average molecular weight is 275 g/mol. The topological polar surface area (TPSA) is 142 Å². The third-order valence-electron chi connectivity index (χ3n) is 2.09. The monoisotopic (exact) mass is 275 g/mol. The van der Waals surface area contributed by atoms with Crippen LogP contribution in [0.4, 0.5) is 0 Å². The van der Waals surface area contributed by atoms with Crippen LogP contribution >= 0.6 is 0 Å². The number of aromatic amines is 1. The number of carbonyl (C=O) groups excluding carboxylic acids is 1. The molecule has 0 saturated heterocycles. The van der Waals surface area contributed by atoms with E-state index in [0.29, 0.717) is 0 Å². The van der Waals surface area contributed by atoms with E-state index in [1.54, 1.807) is 0 Å². The van der Waals surface area contributed by atoms with Gasteiger partial charge >= 0.3 is 5.97 Å². The minimum Gasteiger partial charge on any atom is -0.477 e. The number of amides is 1. The van der Waals surface area contributed by atoms with Crippen LogP contribution in [0.3, 0.4) is 0 Å². The number of hydrogen-bond donors (Lipinski definition) is 4. The zero-order chi connectivity index (χ0) is 13.8. The summed E-state index contributed by atoms with van der Waals surface area (Å²) in [7, 11) is -3.77. The van der Waals surface area contributed by atoms with Gasteiger partial charge in [-0.25, -0.2) is 17.9 Å². The van der Waals surface area contributed by atoms with E-state index in [1.165, 1.54) is 0 Å². The SMILES string of the molecule is NC(=O)CCCNS(=O)(=O)c1c[nH]c(C(=O)O)c1. The lowest BCUT2D eigenvalue weighted by Gasteiger charge is -2.03. The average Bonchev–Trinajstić information content (AvgIpc) is 2.74. The van der Waals surface area contributed by atoms with Gasteiger partial charge in [0.2, 0.25) is 15.9 Å². The molecule has 1 rings (SSSR count). The van der Waals surface area contributed by atoms with Crippen LogP contribution in [-0.4, -0.2) is 36.9 Å². The number of sulfonamides is 1. The van der Waals surface area contributed by atoms with Gasteiger partial charge in [0, 0.05) is 19.2 Å². The maximum absolute atomic E-state index is 11.7. The number of hydrogen-bond acceptors (Lipinski definition) is 4. The highest BCUT2D eigenvalue weighted by molar-refractivity contribution is 7.89. The molecule has 5 N–H and O–H groups in total. The molecule has 0 unspecified atom stereocenters. The van der Waals surface area contributed by atoms with Crippen LogP contribution in [0.2, 0.25) is 0 Å². The molecule has 0 aromatic carbocycles. The maximum Gasteiger partial charge on any atom is 0.352 e. The number of aromatic nitrogens is 1. The van der Waals surface area contributed by atoms with Gasteiger partial charge in [0.1, 0.15) is 10.6 Å². The molecule has 100 valence electrons. The third kappa shape index (κ3) is 3.86. The van der Waals surface area contributed by atoms with Gasteiger partial charge in [-0.15, -0.1) is 0 Å². The minimum atomic E-state index is -3.77. The van der Waals surface area contributed by atoms with Crippen LogP contribution in [0.1, 0.15) is 23.3 Å². The largest absolute Gasteiger partial charge is 0.477 e. The van der Waals surface area contributed by atoms with Gasteiger partial charge in [0.05, 0.1) is 0 Å². The van der Waals surface area contributed by atoms with Crippen LogP contribution in [0.5, 0.6) is 0 Å². The van der Waals surface area contributed by atoms with Crippen molar-refractivity contribution in [2.24, 2.45) is 5.73 Å². The molecule has 0 aliphatic heterocycles. The first-order valence-corrected chi connectivity index (χ1v) is 6.51. The fourth-order valence-electron chi connectivity index (χ4n) is 1.21. The molecule has 0 bridgehead atoms. The molecule has 1 heterocycles. The molecule has 9 heteroatoms. The highest BCUT2D eigenvalue weighted by atomic mass is 32.2. The molecule has 1 aromatic rings. The number of H-pyrrole nitrogens is 1. The summed E-state index contributed by atoms with van der Waals surface area (Å²) in [4.78, 5) is 23.2. The molecule has 0 spiro atoms. The number of aromatic carboxylic acids is 1. The molecule has 0 fully saturated rings. The molecular weight excluding hydrogens is 262 g/mol. The van der Waals surface area contributed by atoms with E-state index in [2.05, 4.69) is 9.71 Å². The molecule has 0 aliphatic carbocycles. The quantitative estimate of drug-likeness (QED) is 0.484. The number of primary amides is 1. The predicted octanol–water partition coefficient (Wildman–Crippen LogP) is -0.743. The van der Waals surface area contributed by atoms with Gasteiger partial charge in [-0.2, -0.15) is 0 Å². The fraction of sp³-hybridized carbons (Fsp3) is 0.333. The summed E-state index contributed by atoms with van der Waals surface area (Å²) in [5.41, 5.74) is 4.69. The summed E-state index contributed by atoms with van der Waals surface area (Å²) in [6.45, 7) is 0.0544. The van der Waals surface area contributed by atoms with Crippen molar-refractivity contribution in [3.63, 3.8) is 0 Å². The summed E-state index contributed by atoms with van der Waals surface area (Å²) in [5.74, 6) is -1.76. The third-order valence-corrected chi connectivity index (χ3v) is 3.53. The predicted molar refractivity (Wildman–Crippen MR) is 61.4 cm³/mol. The van der Waals surface area contributed by atoms with Crippen molar-refractivity contribution in [3.8, 4) is 0 Å². The van der Waals surface area contributed by atoms with Gasteiger partial charge in [0.15, 0.2) is 0 Å². The number of rotatable bonds is 7. The van der Waals surface area contributed by atoms with Crippen molar-refractivity contribution in [3.05, 3.63) is 18.0 Å². The zero-order valence-electron chi connectivity index (χ0n) is 9.34. The van der Waals surface area contributed by atoms with Gasteiger partial charge in [0.25, 0.3) is 0 Å². The highest BCUT2D eigenvalue weighted by Crippen LogP contribution is 2.10. The molecule has 1 amide bonds. The number of carbonyl (C=O) groups is 2. The van der Waals surface area contributed by atoms with Crippen LogP contribution in [-0.2, 0) is 14.8 Å². The van der Waals surface area contributed by atoms with E-state index in [-0.39, 0.29) is 30.0 Å². The first-order valence-electron chi connectivity index (χ1n) is 5.02. The second-order valence-electron chi connectivity index (χ2n) is 3.52. The molecule has 0 saturated carbocycles. The van der Waals surface area contributed by atoms with E-state index in [4.69, 9.17) is 10.8 Å². The first kappa shape index (κ1) is 14.2. The Morgan fingerprint density at radius 1 is 1.44 bits per heavy atom. The summed E-state index contributed by atoms with van der Waals surface area (Å²) < 4.78 is 25.6. The molecule has 0 aliphatic rings. The number of nitrogens with one attached hydrogen (secondary N) is 2. The van der Waals surface area contributed by atoms with Gasteiger partial charge < -0.3 is 15.8 Å². The van der Waals surface area contributed by atoms with E-state index in [9.17, 15) is 18.0 Å². The Bertz CT molecular complexity index is 548. The smallest absolute Gasteiger partial charge is 0.352 e. The van der Waals surface area contributed by atoms with Crippen molar-refractivity contribution in [1.82, 2.24) is 9.71 Å². The van der Waals surface area contributed by atoms with Crippen molar-refractivity contribution < 1.29 is 23.1 Å². The van der Waals surface area contributed by atoms with Gasteiger partial charge in [-0.05, 0) is 12.5 Å². The molecule has 0 atom stereocenters. The second-order valence-corrected chi connectivity index (χ2v) is 5.29. The molecule has 1 aromatic heterocycles. The normalized spacial score (nSPS) is 11.3. The van der Waals surface area contributed by atoms with Crippen molar-refractivity contribution in [1.29, 1.82) is 0 Å². The first-order chi connectivity index (χ1) is 8.33. The van der Waals surface area contributed by atoms with Crippen molar-refractivity contribution in [2.75, 3.05) is 6.54 Å². The number of nitrogens with two attached hydrogens (primary N) is 1. The molecular formula is C9H13N3O5S. The summed E-state index contributed by atoms with van der Waals surface area (Å²) in [5, 5.41) is 8.64. The Hall–Kier alpha value is -1.87. The Morgan fingerprint density at radius 3 is 2.61 bits per heavy atom. The Labute approximate surface area is 103 Å². The molecule has 8 nitrogen and oxygen atoms in total. The summed E-state index contributed by atoms with van der Waals surface area (Å²) in [6.07, 6.45) is 1.45. The lowest BCUT2D eigenvalue weighted by molar-refractivity contribution is -0.118. The van der Waals surface area contributed by atoms with Crippen LogP contribution in [0, 0.1) is 0 Å². The summed E-state index contributed by atoms with van der Waals surface area (Å²) in [6, 6.07) is 1.01. The van der Waals surface area contributed by atoms with Gasteiger partial charge in [-0.1, -0.05) is 0 Å². The second kappa shape index (κ2) is 5.65. The summed E-state index contributed by atoms with van der Waals surface area (Å²) >= 11 is 0. The Morgan fingerprint density at radius 2 is 2.11 bits per heavy atom. The molecule has 0 radical (unpaired) electrons. The highest BCUT2D eigenvalue weighted by Gasteiger charge is 2.17. The van der Waals surface area contributed by atoms with Crippen LogP contribution < -0.4 is 10.5 Å². The van der Waals surface area contributed by atoms with E-state index < -0.39 is 21.9 Å². The molecule has 18 heavy (non-hydrogen) atoms. The lowest BCUT2D eigenvalue weighted by Crippen LogP contribution is -2.25. The van der Waals surface area contributed by atoms with E-state index in [1.807, 2.05) is 0 Å². The lowest BCUT2D eigenvalue weighted by atomic mass is 10.3. The minimum absolute atomic E-state index is 0.0544. The number of carboxylic acid groups (broad SMARTS) is 1. The van der Waals surface area contributed by atoms with Gasteiger partial charge in [-0.3, -0.25) is 4.79 Å². The standard InChI is InChI=1S/C9H13N3O5S/c10-8(13)2-1-3-12-18(16,17)6-4-7(9(14)15)11-5-6/h4-5,11-12H,1-3H2,(H2,10,13)(H,14,15). The maximum atomic E-state index is 11.7. The van der Waals surface area contributed by atoms with Crippen LogP contribution in [0.25, 0.3) is 0 Å². The number of carboxylic acids is 1. The Balaban J connectivity index is 2.62. The zero-order valence-corrected chi connectivity index (χ0v) is 10.2. The van der Waals surface area contributed by atoms with E-state index in [0.717, 1.165) is 12.3 Å². The fourth-order valence-corrected chi connectivity index (χ4v) is 2.27. The van der Waals surface area contributed by atoms with E-state index >= 15 is 0 Å². The van der Waals surface area contributed by atoms with Crippen molar-refractivity contribution in [2.45, 2.75) is 17.7 Å². The van der Waals surface area contributed by atoms with Crippen LogP contribution in [0.15, 0.2) is 17.2 Å².